The minimum Gasteiger partial charge on any atom is -0.375 e. The third-order valence-electron chi connectivity index (χ3n) is 5.58. The largest absolute Gasteiger partial charge is 0.375 e. The van der Waals surface area contributed by atoms with Crippen molar-refractivity contribution in [3.05, 3.63) is 36.2 Å². The Morgan fingerprint density at radius 2 is 1.97 bits per heavy atom. The van der Waals surface area contributed by atoms with Crippen molar-refractivity contribution in [2.45, 2.75) is 32.6 Å². The van der Waals surface area contributed by atoms with Gasteiger partial charge in [0.25, 0.3) is 5.71 Å². The molecule has 0 atom stereocenters. The molecule has 3 aromatic rings. The SMILES string of the molecule is CCCCc1nc(N2CCCN(C(=O)COC)CC2)c2c(-c3ccccc3)noc2n1. The van der Waals surface area contributed by atoms with E-state index in [0.29, 0.717) is 25.3 Å². The van der Waals surface area contributed by atoms with Crippen LogP contribution >= 0.6 is 0 Å². The van der Waals surface area contributed by atoms with Crippen LogP contribution in [-0.2, 0) is 16.0 Å². The van der Waals surface area contributed by atoms with Gasteiger partial charge in [-0.1, -0.05) is 48.8 Å². The monoisotopic (exact) mass is 423 g/mol. The van der Waals surface area contributed by atoms with E-state index in [1.807, 2.05) is 35.2 Å². The second-order valence-electron chi connectivity index (χ2n) is 7.80. The highest BCUT2D eigenvalue weighted by Crippen LogP contribution is 2.34. The zero-order valence-electron chi connectivity index (χ0n) is 18.2. The lowest BCUT2D eigenvalue weighted by molar-refractivity contribution is -0.134. The fourth-order valence-corrected chi connectivity index (χ4v) is 3.94. The van der Waals surface area contributed by atoms with Gasteiger partial charge in [0.2, 0.25) is 5.91 Å². The molecule has 0 spiro atoms. The lowest BCUT2D eigenvalue weighted by atomic mass is 10.1. The lowest BCUT2D eigenvalue weighted by Crippen LogP contribution is -2.37. The predicted molar refractivity (Wildman–Crippen MR) is 119 cm³/mol. The lowest BCUT2D eigenvalue weighted by Gasteiger charge is -2.23. The molecule has 1 aromatic carbocycles. The summed E-state index contributed by atoms with van der Waals surface area (Å²) in [7, 11) is 1.55. The van der Waals surface area contributed by atoms with E-state index in [2.05, 4.69) is 22.0 Å². The Balaban J connectivity index is 1.72. The predicted octanol–water partition coefficient (Wildman–Crippen LogP) is 3.31. The summed E-state index contributed by atoms with van der Waals surface area (Å²) in [5.41, 5.74) is 2.25. The fraction of sp³-hybridized carbons (Fsp3) is 0.478. The summed E-state index contributed by atoms with van der Waals surface area (Å²) in [6.07, 6.45) is 3.75. The molecule has 1 amide bonds. The minimum absolute atomic E-state index is 0.0239. The number of carbonyl (C=O) groups is 1. The summed E-state index contributed by atoms with van der Waals surface area (Å²) in [4.78, 5) is 26.0. The topological polar surface area (TPSA) is 84.6 Å². The molecule has 3 heterocycles. The number of methoxy groups -OCH3 is 1. The Hall–Kier alpha value is -3.00. The number of hydrogen-bond acceptors (Lipinski definition) is 7. The van der Waals surface area contributed by atoms with Crippen molar-refractivity contribution >= 4 is 22.8 Å². The molecule has 0 N–H and O–H groups in total. The number of carbonyl (C=O) groups excluding carboxylic acids is 1. The third kappa shape index (κ3) is 4.69. The van der Waals surface area contributed by atoms with Crippen LogP contribution in [0.5, 0.6) is 0 Å². The normalized spacial score (nSPS) is 14.8. The van der Waals surface area contributed by atoms with Gasteiger partial charge >= 0.3 is 0 Å². The standard InChI is InChI=1S/C23H29N5O3/c1-3-4-11-18-24-22(28-13-8-12-27(14-15-28)19(29)16-30-2)20-21(26-31-23(20)25-18)17-9-6-5-7-10-17/h5-7,9-10H,3-4,8,11-16H2,1-2H3. The number of unbranched alkanes of at least 4 members (excludes halogenated alkanes) is 1. The molecule has 8 heteroatoms. The van der Waals surface area contributed by atoms with Gasteiger partial charge in [0.1, 0.15) is 29.3 Å². The average molecular weight is 424 g/mol. The van der Waals surface area contributed by atoms with E-state index in [1.165, 1.54) is 0 Å². The fourth-order valence-electron chi connectivity index (χ4n) is 3.94. The van der Waals surface area contributed by atoms with Crippen LogP contribution in [0.2, 0.25) is 0 Å². The van der Waals surface area contributed by atoms with E-state index in [1.54, 1.807) is 7.11 Å². The second kappa shape index (κ2) is 9.87. The van der Waals surface area contributed by atoms with Crippen LogP contribution in [0.4, 0.5) is 5.82 Å². The van der Waals surface area contributed by atoms with Crippen LogP contribution in [0.25, 0.3) is 22.4 Å². The molecule has 164 valence electrons. The van der Waals surface area contributed by atoms with E-state index in [0.717, 1.165) is 60.5 Å². The van der Waals surface area contributed by atoms with E-state index in [-0.39, 0.29) is 12.5 Å². The third-order valence-corrected chi connectivity index (χ3v) is 5.58. The number of anilines is 1. The van der Waals surface area contributed by atoms with Gasteiger partial charge in [0, 0.05) is 45.3 Å². The van der Waals surface area contributed by atoms with Crippen molar-refractivity contribution in [1.82, 2.24) is 20.0 Å². The van der Waals surface area contributed by atoms with Gasteiger partial charge in [0.15, 0.2) is 0 Å². The zero-order valence-corrected chi connectivity index (χ0v) is 18.2. The molecule has 8 nitrogen and oxygen atoms in total. The van der Waals surface area contributed by atoms with Crippen molar-refractivity contribution < 1.29 is 14.1 Å². The first-order valence-corrected chi connectivity index (χ1v) is 10.9. The molecule has 0 radical (unpaired) electrons. The first-order chi connectivity index (χ1) is 15.2. The molecular weight excluding hydrogens is 394 g/mol. The van der Waals surface area contributed by atoms with E-state index < -0.39 is 0 Å². The quantitative estimate of drug-likeness (QED) is 0.576. The summed E-state index contributed by atoms with van der Waals surface area (Å²) >= 11 is 0. The van der Waals surface area contributed by atoms with Gasteiger partial charge in [-0.3, -0.25) is 4.79 Å². The highest BCUT2D eigenvalue weighted by atomic mass is 16.5. The van der Waals surface area contributed by atoms with Crippen LogP contribution in [0, 0.1) is 0 Å². The van der Waals surface area contributed by atoms with Crippen LogP contribution in [-0.4, -0.2) is 65.8 Å². The van der Waals surface area contributed by atoms with Gasteiger partial charge in [-0.25, -0.2) is 4.98 Å². The van der Waals surface area contributed by atoms with Crippen molar-refractivity contribution in [2.24, 2.45) is 0 Å². The maximum Gasteiger partial charge on any atom is 0.263 e. The molecule has 2 aromatic heterocycles. The number of hydrogen-bond donors (Lipinski definition) is 0. The average Bonchev–Trinajstić information content (AvgIpc) is 3.06. The van der Waals surface area contributed by atoms with E-state index in [4.69, 9.17) is 14.2 Å². The number of nitrogens with zero attached hydrogens (tertiary/aromatic N) is 5. The van der Waals surface area contributed by atoms with Crippen molar-refractivity contribution in [3.63, 3.8) is 0 Å². The number of benzene rings is 1. The number of fused-ring (bicyclic) bond motifs is 1. The molecule has 0 unspecified atom stereocenters. The number of aromatic nitrogens is 3. The zero-order chi connectivity index (χ0) is 21.6. The Bertz CT molecular complexity index is 1020. The highest BCUT2D eigenvalue weighted by molar-refractivity contribution is 5.98. The van der Waals surface area contributed by atoms with Gasteiger partial charge in [-0.2, -0.15) is 4.98 Å². The Labute approximate surface area is 182 Å². The summed E-state index contributed by atoms with van der Waals surface area (Å²) in [6, 6.07) is 9.97. The molecule has 4 rings (SSSR count). The number of aryl methyl sites for hydroxylation is 1. The molecule has 1 aliphatic rings. The van der Waals surface area contributed by atoms with Gasteiger partial charge in [-0.05, 0) is 12.8 Å². The Morgan fingerprint density at radius 3 is 2.74 bits per heavy atom. The number of rotatable bonds is 7. The smallest absolute Gasteiger partial charge is 0.263 e. The van der Waals surface area contributed by atoms with Crippen molar-refractivity contribution in [1.29, 1.82) is 0 Å². The molecule has 1 fully saturated rings. The molecule has 31 heavy (non-hydrogen) atoms. The summed E-state index contributed by atoms with van der Waals surface area (Å²) in [5, 5.41) is 5.18. The highest BCUT2D eigenvalue weighted by Gasteiger charge is 2.25. The summed E-state index contributed by atoms with van der Waals surface area (Å²) in [5.74, 6) is 1.64. The van der Waals surface area contributed by atoms with E-state index in [9.17, 15) is 4.79 Å². The second-order valence-corrected chi connectivity index (χ2v) is 7.80. The van der Waals surface area contributed by atoms with Gasteiger partial charge in [0.05, 0.1) is 0 Å². The number of ether oxygens (including phenoxy) is 1. The Morgan fingerprint density at radius 1 is 1.13 bits per heavy atom. The van der Waals surface area contributed by atoms with Crippen LogP contribution in [0.15, 0.2) is 34.9 Å². The number of amides is 1. The molecule has 1 aliphatic heterocycles. The molecule has 0 aliphatic carbocycles. The van der Waals surface area contributed by atoms with Crippen molar-refractivity contribution in [3.8, 4) is 11.3 Å². The molecular formula is C23H29N5O3. The van der Waals surface area contributed by atoms with Gasteiger partial charge < -0.3 is 19.1 Å². The Kier molecular flexibility index (Phi) is 6.76. The van der Waals surface area contributed by atoms with Crippen LogP contribution < -0.4 is 4.90 Å². The maximum atomic E-state index is 12.3. The minimum atomic E-state index is 0.0239. The molecule has 1 saturated heterocycles. The molecule has 0 saturated carbocycles. The summed E-state index contributed by atoms with van der Waals surface area (Å²) < 4.78 is 10.7. The van der Waals surface area contributed by atoms with Gasteiger partial charge in [-0.15, -0.1) is 0 Å². The first-order valence-electron chi connectivity index (χ1n) is 10.9. The first kappa shape index (κ1) is 21.2. The van der Waals surface area contributed by atoms with Crippen LogP contribution in [0.3, 0.4) is 0 Å². The maximum absolute atomic E-state index is 12.3. The summed E-state index contributed by atoms with van der Waals surface area (Å²) in [6.45, 7) is 5.10. The molecule has 0 bridgehead atoms. The van der Waals surface area contributed by atoms with Crippen LogP contribution in [0.1, 0.15) is 32.0 Å². The van der Waals surface area contributed by atoms with E-state index >= 15 is 0 Å². The van der Waals surface area contributed by atoms with Crippen molar-refractivity contribution in [2.75, 3.05) is 44.8 Å².